The van der Waals surface area contributed by atoms with Gasteiger partial charge in [0.1, 0.15) is 11.7 Å². The largest absolute Gasteiger partial charge is 0.481 e. The van der Waals surface area contributed by atoms with E-state index < -0.39 is 29.9 Å². The summed E-state index contributed by atoms with van der Waals surface area (Å²) in [6.45, 7) is 3.03. The number of nitrogens with one attached hydrogen (secondary N) is 1. The molecule has 4 rings (SSSR count). The number of rotatable bonds is 9. The minimum absolute atomic E-state index is 0.0796. The van der Waals surface area contributed by atoms with Gasteiger partial charge >= 0.3 is 12.1 Å². The maximum Gasteiger partial charge on any atom is 0.409 e. The van der Waals surface area contributed by atoms with Gasteiger partial charge in [-0.25, -0.2) is 9.78 Å². The monoisotopic (exact) mass is 566 g/mol. The Morgan fingerprint density at radius 3 is 2.29 bits per heavy atom. The highest BCUT2D eigenvalue weighted by Gasteiger charge is 2.31. The van der Waals surface area contributed by atoms with Crippen molar-refractivity contribution >= 4 is 23.9 Å². The first kappa shape index (κ1) is 30.0. The van der Waals surface area contributed by atoms with Crippen molar-refractivity contribution in [1.29, 1.82) is 0 Å². The number of carboxylic acid groups (broad SMARTS) is 1. The zero-order valence-electron chi connectivity index (χ0n) is 23.3. The van der Waals surface area contributed by atoms with Crippen molar-refractivity contribution in [1.82, 2.24) is 20.1 Å². The smallest absolute Gasteiger partial charge is 0.409 e. The molecule has 1 atom stereocenters. The molecular weight excluding hydrogens is 528 g/mol. The van der Waals surface area contributed by atoms with Crippen molar-refractivity contribution in [3.05, 3.63) is 53.7 Å². The van der Waals surface area contributed by atoms with Crippen molar-refractivity contribution < 1.29 is 34.1 Å². The molecule has 11 heteroatoms. The Kier molecular flexibility index (Phi) is 10.3. The number of aromatic nitrogens is 1. The second kappa shape index (κ2) is 14.1. The Labute approximate surface area is 239 Å². The van der Waals surface area contributed by atoms with Crippen LogP contribution in [0.2, 0.25) is 0 Å². The molecule has 3 amide bonds. The van der Waals surface area contributed by atoms with Gasteiger partial charge in [0.25, 0.3) is 5.91 Å². The molecule has 2 fully saturated rings. The van der Waals surface area contributed by atoms with Gasteiger partial charge in [-0.3, -0.25) is 14.4 Å². The molecule has 2 heterocycles. The third kappa shape index (κ3) is 8.03. The summed E-state index contributed by atoms with van der Waals surface area (Å²) in [5.41, 5.74) is 2.56. The Morgan fingerprint density at radius 2 is 1.66 bits per heavy atom. The molecule has 1 saturated heterocycles. The molecular formula is C30H38N4O7. The molecule has 1 aliphatic carbocycles. The van der Waals surface area contributed by atoms with Crippen LogP contribution in [0.4, 0.5) is 4.79 Å². The number of aliphatic hydroxyl groups excluding tert-OH is 1. The van der Waals surface area contributed by atoms with Crippen molar-refractivity contribution in [2.75, 3.05) is 32.8 Å². The van der Waals surface area contributed by atoms with E-state index in [1.807, 2.05) is 36.4 Å². The fourth-order valence-electron chi connectivity index (χ4n) is 5.37. The number of ether oxygens (including phenoxy) is 1. The predicted octanol–water partition coefficient (Wildman–Crippen LogP) is 3.03. The number of carboxylic acids is 1. The Bertz CT molecular complexity index is 1220. The van der Waals surface area contributed by atoms with Crippen LogP contribution in [-0.4, -0.2) is 93.8 Å². The highest BCUT2D eigenvalue weighted by Crippen LogP contribution is 2.34. The summed E-state index contributed by atoms with van der Waals surface area (Å²) in [6, 6.07) is 12.1. The van der Waals surface area contributed by atoms with Gasteiger partial charge in [0.15, 0.2) is 0 Å². The fourth-order valence-corrected chi connectivity index (χ4v) is 5.37. The first-order valence-corrected chi connectivity index (χ1v) is 14.2. The van der Waals surface area contributed by atoms with Crippen LogP contribution in [0.1, 0.15) is 67.4 Å². The Hall–Kier alpha value is -3.99. The minimum atomic E-state index is -1.07. The van der Waals surface area contributed by atoms with E-state index in [9.17, 15) is 29.4 Å². The molecule has 2 aliphatic rings. The number of hydrogen-bond acceptors (Lipinski definition) is 7. The molecule has 1 aromatic carbocycles. The van der Waals surface area contributed by atoms with Crippen LogP contribution in [-0.2, 0) is 14.3 Å². The molecule has 11 nitrogen and oxygen atoms in total. The maximum atomic E-state index is 13.6. The van der Waals surface area contributed by atoms with Gasteiger partial charge in [0.05, 0.1) is 18.4 Å². The number of carbonyl (C=O) groups excluding carboxylic acids is 3. The normalized spacial score (nSPS) is 19.8. The predicted molar refractivity (Wildman–Crippen MR) is 150 cm³/mol. The number of carbonyl (C=O) groups is 4. The lowest BCUT2D eigenvalue weighted by Gasteiger charge is -2.36. The molecule has 1 saturated carbocycles. The second-order valence-electron chi connectivity index (χ2n) is 10.5. The molecule has 220 valence electrons. The van der Waals surface area contributed by atoms with Crippen LogP contribution in [0, 0.1) is 0 Å². The molecule has 1 unspecified atom stereocenters. The summed E-state index contributed by atoms with van der Waals surface area (Å²) in [4.78, 5) is 58.1. The highest BCUT2D eigenvalue weighted by atomic mass is 16.6. The van der Waals surface area contributed by atoms with E-state index in [2.05, 4.69) is 10.3 Å². The molecule has 2 aromatic rings. The van der Waals surface area contributed by atoms with Crippen LogP contribution >= 0.6 is 0 Å². The average molecular weight is 567 g/mol. The summed E-state index contributed by atoms with van der Waals surface area (Å²) in [5.74, 6) is -1.87. The van der Waals surface area contributed by atoms with E-state index in [0.29, 0.717) is 18.5 Å². The minimum Gasteiger partial charge on any atom is -0.481 e. The number of piperazine rings is 1. The number of amides is 3. The summed E-state index contributed by atoms with van der Waals surface area (Å²) in [7, 11) is 0. The maximum absolute atomic E-state index is 13.6. The number of aliphatic carboxylic acids is 1. The molecule has 1 aliphatic heterocycles. The zero-order valence-corrected chi connectivity index (χ0v) is 23.3. The van der Waals surface area contributed by atoms with Gasteiger partial charge in [-0.2, -0.15) is 0 Å². The number of aliphatic hydroxyl groups is 1. The third-order valence-electron chi connectivity index (χ3n) is 7.69. The van der Waals surface area contributed by atoms with E-state index in [1.54, 1.807) is 13.0 Å². The number of pyridine rings is 1. The van der Waals surface area contributed by atoms with Crippen LogP contribution < -0.4 is 5.32 Å². The number of benzene rings is 1. The summed E-state index contributed by atoms with van der Waals surface area (Å²) in [6.07, 6.45) is 1.81. The van der Waals surface area contributed by atoms with Gasteiger partial charge in [0.2, 0.25) is 5.91 Å². The van der Waals surface area contributed by atoms with Gasteiger partial charge in [-0.15, -0.1) is 0 Å². The van der Waals surface area contributed by atoms with Crippen LogP contribution in [0.25, 0.3) is 11.3 Å². The number of nitrogens with zero attached hydrogens (tertiary/aromatic N) is 3. The van der Waals surface area contributed by atoms with Gasteiger partial charge in [-0.05, 0) is 62.6 Å². The first-order chi connectivity index (χ1) is 19.7. The fraction of sp³-hybridized carbons (Fsp3) is 0.500. The quantitative estimate of drug-likeness (QED) is 0.419. The van der Waals surface area contributed by atoms with E-state index in [4.69, 9.17) is 4.74 Å². The summed E-state index contributed by atoms with van der Waals surface area (Å²) >= 11 is 0. The number of hydrogen-bond donors (Lipinski definition) is 3. The lowest BCUT2D eigenvalue weighted by Crippen LogP contribution is -2.56. The molecule has 0 spiro atoms. The van der Waals surface area contributed by atoms with Gasteiger partial charge in [0, 0.05) is 38.2 Å². The molecule has 0 radical (unpaired) electrons. The summed E-state index contributed by atoms with van der Waals surface area (Å²) in [5, 5.41) is 22.0. The molecule has 1 aromatic heterocycles. The Morgan fingerprint density at radius 1 is 1.00 bits per heavy atom. The van der Waals surface area contributed by atoms with E-state index in [-0.39, 0.29) is 63.3 Å². The van der Waals surface area contributed by atoms with Crippen molar-refractivity contribution in [2.24, 2.45) is 0 Å². The van der Waals surface area contributed by atoms with Crippen LogP contribution in [0.15, 0.2) is 42.5 Å². The van der Waals surface area contributed by atoms with Crippen molar-refractivity contribution in [3.63, 3.8) is 0 Å². The first-order valence-electron chi connectivity index (χ1n) is 14.2. The van der Waals surface area contributed by atoms with Crippen LogP contribution in [0.3, 0.4) is 0 Å². The average Bonchev–Trinajstić information content (AvgIpc) is 2.99. The van der Waals surface area contributed by atoms with Crippen molar-refractivity contribution in [2.45, 2.75) is 63.5 Å². The standard InChI is InChI=1S/C30H38N4O7/c1-2-41-30(40)34-16-14-33(15-17-34)29(39)24(12-13-27(36)37)32-28(38)26-19-22(20-8-10-23(35)11-9-20)18-25(31-26)21-6-4-3-5-7-21/h3-7,18-20,23-24,35H,2,8-17H2,1H3,(H,32,38)(H,36,37). The van der Waals surface area contributed by atoms with Crippen LogP contribution in [0.5, 0.6) is 0 Å². The molecule has 3 N–H and O–H groups in total. The Balaban J connectivity index is 1.54. The van der Waals surface area contributed by atoms with Gasteiger partial charge in [-0.1, -0.05) is 30.3 Å². The van der Waals surface area contributed by atoms with Crippen molar-refractivity contribution in [3.8, 4) is 11.3 Å². The highest BCUT2D eigenvalue weighted by molar-refractivity contribution is 5.97. The van der Waals surface area contributed by atoms with Gasteiger partial charge < -0.3 is 30.1 Å². The third-order valence-corrected chi connectivity index (χ3v) is 7.69. The van der Waals surface area contributed by atoms with E-state index >= 15 is 0 Å². The van der Waals surface area contributed by atoms with E-state index in [0.717, 1.165) is 24.0 Å². The van der Waals surface area contributed by atoms with E-state index in [1.165, 1.54) is 9.80 Å². The summed E-state index contributed by atoms with van der Waals surface area (Å²) < 4.78 is 5.03. The molecule has 41 heavy (non-hydrogen) atoms. The topological polar surface area (TPSA) is 149 Å². The SMILES string of the molecule is CCOC(=O)N1CCN(C(=O)C(CCC(=O)O)NC(=O)c2cc(C3CCC(O)CC3)cc(-c3ccccc3)n2)CC1. The zero-order chi connectivity index (χ0) is 29.4. The lowest BCUT2D eigenvalue weighted by atomic mass is 9.82. The molecule has 0 bridgehead atoms. The lowest BCUT2D eigenvalue weighted by molar-refractivity contribution is -0.138. The second-order valence-corrected chi connectivity index (χ2v) is 10.5.